The second-order valence-corrected chi connectivity index (χ2v) is 9.83. The summed E-state index contributed by atoms with van der Waals surface area (Å²) in [6, 6.07) is 8.99. The lowest BCUT2D eigenvalue weighted by Crippen LogP contribution is -2.44. The molecule has 2 aliphatic carbocycles. The number of H-pyrrole nitrogens is 1. The molecule has 3 atom stereocenters. The molecular formula is C23H29N5OS. The van der Waals surface area contributed by atoms with Crippen LogP contribution in [0.1, 0.15) is 52.0 Å². The molecule has 1 aromatic carbocycles. The van der Waals surface area contributed by atoms with E-state index in [4.69, 9.17) is 0 Å². The van der Waals surface area contributed by atoms with Crippen LogP contribution in [0.3, 0.4) is 0 Å². The fourth-order valence-electron chi connectivity index (χ4n) is 4.64. The fraction of sp³-hybridized carbons (Fsp3) is 0.522. The van der Waals surface area contributed by atoms with Crippen LogP contribution < -0.4 is 5.32 Å². The third kappa shape index (κ3) is 3.75. The Kier molecular flexibility index (Phi) is 5.31. The summed E-state index contributed by atoms with van der Waals surface area (Å²) in [6.07, 6.45) is 7.86. The molecule has 5 rings (SSSR count). The SMILES string of the molecule is C[C@@H]1[C@H](C)CCC[C@H]1NC(=O)CSc1nnc(-c2c[nH]c3ccccc23)n1C1CC1. The van der Waals surface area contributed by atoms with Gasteiger partial charge in [-0.25, -0.2) is 0 Å². The predicted molar refractivity (Wildman–Crippen MR) is 120 cm³/mol. The van der Waals surface area contributed by atoms with Gasteiger partial charge >= 0.3 is 0 Å². The van der Waals surface area contributed by atoms with E-state index in [1.165, 1.54) is 24.6 Å². The zero-order valence-corrected chi connectivity index (χ0v) is 18.4. The number of para-hydroxylation sites is 1. The van der Waals surface area contributed by atoms with E-state index in [1.807, 2.05) is 18.3 Å². The van der Waals surface area contributed by atoms with Crippen LogP contribution in [0.25, 0.3) is 22.3 Å². The maximum Gasteiger partial charge on any atom is 0.230 e. The zero-order chi connectivity index (χ0) is 20.7. The molecule has 0 radical (unpaired) electrons. The van der Waals surface area contributed by atoms with Gasteiger partial charge in [0.2, 0.25) is 5.91 Å². The van der Waals surface area contributed by atoms with Crippen molar-refractivity contribution in [2.75, 3.05) is 5.75 Å². The fourth-order valence-corrected chi connectivity index (χ4v) is 5.46. The van der Waals surface area contributed by atoms with E-state index in [2.05, 4.69) is 51.0 Å². The lowest BCUT2D eigenvalue weighted by atomic mass is 9.78. The summed E-state index contributed by atoms with van der Waals surface area (Å²) in [4.78, 5) is 16.0. The molecule has 0 saturated heterocycles. The largest absolute Gasteiger partial charge is 0.360 e. The Morgan fingerprint density at radius 2 is 2.03 bits per heavy atom. The summed E-state index contributed by atoms with van der Waals surface area (Å²) in [5.74, 6) is 2.60. The Morgan fingerprint density at radius 1 is 1.20 bits per heavy atom. The summed E-state index contributed by atoms with van der Waals surface area (Å²) in [5, 5.41) is 14.3. The van der Waals surface area contributed by atoms with Gasteiger partial charge in [0, 0.05) is 34.7 Å². The molecule has 2 aliphatic rings. The van der Waals surface area contributed by atoms with Crippen LogP contribution in [0.5, 0.6) is 0 Å². The first-order chi connectivity index (χ1) is 14.6. The lowest BCUT2D eigenvalue weighted by molar-refractivity contribution is -0.120. The monoisotopic (exact) mass is 423 g/mol. The predicted octanol–water partition coefficient (Wildman–Crippen LogP) is 4.79. The average Bonchev–Trinajstić information content (AvgIpc) is 3.36. The van der Waals surface area contributed by atoms with Gasteiger partial charge in [0.05, 0.1) is 5.75 Å². The summed E-state index contributed by atoms with van der Waals surface area (Å²) in [5.41, 5.74) is 2.17. The van der Waals surface area contributed by atoms with Gasteiger partial charge in [0.15, 0.2) is 11.0 Å². The third-order valence-electron chi connectivity index (χ3n) is 6.79. The number of nitrogens with one attached hydrogen (secondary N) is 2. The summed E-state index contributed by atoms with van der Waals surface area (Å²) < 4.78 is 2.23. The molecule has 2 saturated carbocycles. The number of thioether (sulfide) groups is 1. The molecule has 158 valence electrons. The molecule has 2 N–H and O–H groups in total. The molecule has 0 spiro atoms. The molecule has 6 nitrogen and oxygen atoms in total. The van der Waals surface area contributed by atoms with Crippen molar-refractivity contribution in [1.29, 1.82) is 0 Å². The third-order valence-corrected chi connectivity index (χ3v) is 7.74. The Labute approximate surface area is 181 Å². The van der Waals surface area contributed by atoms with E-state index >= 15 is 0 Å². The molecular weight excluding hydrogens is 394 g/mol. The average molecular weight is 424 g/mol. The first-order valence-corrected chi connectivity index (χ1v) is 12.0. The van der Waals surface area contributed by atoms with E-state index in [0.717, 1.165) is 46.7 Å². The van der Waals surface area contributed by atoms with Gasteiger partial charge in [0.1, 0.15) is 0 Å². The summed E-state index contributed by atoms with van der Waals surface area (Å²) in [6.45, 7) is 4.56. The number of benzene rings is 1. The number of aromatic amines is 1. The molecule has 2 aromatic heterocycles. The van der Waals surface area contributed by atoms with Gasteiger partial charge in [-0.15, -0.1) is 10.2 Å². The lowest BCUT2D eigenvalue weighted by Gasteiger charge is -2.34. The van der Waals surface area contributed by atoms with Crippen LogP contribution >= 0.6 is 11.8 Å². The highest BCUT2D eigenvalue weighted by Crippen LogP contribution is 2.42. The quantitative estimate of drug-likeness (QED) is 0.559. The number of carbonyl (C=O) groups excluding carboxylic acids is 1. The van der Waals surface area contributed by atoms with Crippen LogP contribution in [-0.4, -0.2) is 37.5 Å². The highest BCUT2D eigenvalue weighted by Gasteiger charge is 2.32. The smallest absolute Gasteiger partial charge is 0.230 e. The minimum absolute atomic E-state index is 0.102. The van der Waals surface area contributed by atoms with Crippen molar-refractivity contribution in [2.24, 2.45) is 11.8 Å². The van der Waals surface area contributed by atoms with Crippen molar-refractivity contribution in [3.05, 3.63) is 30.5 Å². The van der Waals surface area contributed by atoms with Crippen LogP contribution in [0.15, 0.2) is 35.6 Å². The molecule has 7 heteroatoms. The standard InChI is InChI=1S/C23H29N5OS/c1-14-6-5-9-19(15(14)2)25-21(29)13-30-23-27-26-22(28(23)16-10-11-16)18-12-24-20-8-4-3-7-17(18)20/h3-4,7-8,12,14-16,19,24H,5-6,9-11,13H2,1-2H3,(H,25,29)/t14-,15-,19-/m1/s1. The topological polar surface area (TPSA) is 75.6 Å². The number of hydrogen-bond acceptors (Lipinski definition) is 4. The highest BCUT2D eigenvalue weighted by molar-refractivity contribution is 7.99. The van der Waals surface area contributed by atoms with E-state index in [-0.39, 0.29) is 5.91 Å². The minimum atomic E-state index is 0.102. The van der Waals surface area contributed by atoms with Gasteiger partial charge in [-0.3, -0.25) is 9.36 Å². The van der Waals surface area contributed by atoms with E-state index < -0.39 is 0 Å². The van der Waals surface area contributed by atoms with Gasteiger partial charge in [0.25, 0.3) is 0 Å². The second-order valence-electron chi connectivity index (χ2n) is 8.89. The number of hydrogen-bond donors (Lipinski definition) is 2. The van der Waals surface area contributed by atoms with Gasteiger partial charge < -0.3 is 10.3 Å². The van der Waals surface area contributed by atoms with Gasteiger partial charge in [-0.1, -0.05) is 56.7 Å². The van der Waals surface area contributed by atoms with Crippen molar-refractivity contribution in [1.82, 2.24) is 25.1 Å². The van der Waals surface area contributed by atoms with Crippen molar-refractivity contribution < 1.29 is 4.79 Å². The Balaban J connectivity index is 1.32. The highest BCUT2D eigenvalue weighted by atomic mass is 32.2. The molecule has 2 fully saturated rings. The number of aromatic nitrogens is 4. The maximum atomic E-state index is 12.6. The maximum absolute atomic E-state index is 12.6. The van der Waals surface area contributed by atoms with Crippen LogP contribution in [0, 0.1) is 11.8 Å². The van der Waals surface area contributed by atoms with Gasteiger partial charge in [-0.2, -0.15) is 0 Å². The van der Waals surface area contributed by atoms with Gasteiger partial charge in [-0.05, 0) is 37.2 Å². The van der Waals surface area contributed by atoms with E-state index in [1.54, 1.807) is 0 Å². The number of amides is 1. The molecule has 2 heterocycles. The zero-order valence-electron chi connectivity index (χ0n) is 17.6. The van der Waals surface area contributed by atoms with Crippen LogP contribution in [0.2, 0.25) is 0 Å². The Bertz CT molecular complexity index is 1050. The number of rotatable bonds is 6. The summed E-state index contributed by atoms with van der Waals surface area (Å²) >= 11 is 1.50. The molecule has 30 heavy (non-hydrogen) atoms. The number of nitrogens with zero attached hydrogens (tertiary/aromatic N) is 3. The molecule has 1 amide bonds. The number of fused-ring (bicyclic) bond motifs is 1. The van der Waals surface area contributed by atoms with Crippen LogP contribution in [-0.2, 0) is 4.79 Å². The van der Waals surface area contributed by atoms with Crippen molar-refractivity contribution in [2.45, 2.75) is 63.2 Å². The second kappa shape index (κ2) is 8.10. The molecule has 0 aliphatic heterocycles. The Hall–Kier alpha value is -2.28. The molecule has 3 aromatic rings. The van der Waals surface area contributed by atoms with Crippen molar-refractivity contribution in [3.8, 4) is 11.4 Å². The number of carbonyl (C=O) groups is 1. The van der Waals surface area contributed by atoms with E-state index in [0.29, 0.717) is 29.7 Å². The van der Waals surface area contributed by atoms with Crippen molar-refractivity contribution >= 4 is 28.6 Å². The molecule has 0 unspecified atom stereocenters. The Morgan fingerprint density at radius 3 is 2.87 bits per heavy atom. The molecule has 0 bridgehead atoms. The first kappa shape index (κ1) is 19.7. The van der Waals surface area contributed by atoms with E-state index in [9.17, 15) is 4.79 Å². The normalized spacial score (nSPS) is 24.3. The minimum Gasteiger partial charge on any atom is -0.360 e. The first-order valence-electron chi connectivity index (χ1n) is 11.1. The van der Waals surface area contributed by atoms with Crippen molar-refractivity contribution in [3.63, 3.8) is 0 Å². The van der Waals surface area contributed by atoms with Crippen LogP contribution in [0.4, 0.5) is 0 Å². The summed E-state index contributed by atoms with van der Waals surface area (Å²) in [7, 11) is 0.